The molecule has 110 valence electrons. The molecule has 0 N–H and O–H groups in total. The maximum atomic E-state index is 11.7. The third-order valence-electron chi connectivity index (χ3n) is 5.25. The van der Waals surface area contributed by atoms with Crippen molar-refractivity contribution in [1.29, 1.82) is 0 Å². The molecule has 2 atom stereocenters. The minimum atomic E-state index is -0.441. The molecule has 4 aliphatic carbocycles. The highest BCUT2D eigenvalue weighted by atomic mass is 16.5. The van der Waals surface area contributed by atoms with Gasteiger partial charge in [0.05, 0.1) is 0 Å². The second-order valence-electron chi connectivity index (χ2n) is 7.45. The first-order valence-electron chi connectivity index (χ1n) is 7.76. The average molecular weight is 282 g/mol. The third kappa shape index (κ3) is 2.73. The molecule has 2 heteroatoms. The lowest BCUT2D eigenvalue weighted by Gasteiger charge is -2.58. The summed E-state index contributed by atoms with van der Waals surface area (Å²) in [7, 11) is 0. The van der Waals surface area contributed by atoms with Gasteiger partial charge in [0, 0.05) is 16.8 Å². The molecule has 0 heterocycles. The van der Waals surface area contributed by atoms with Crippen LogP contribution in [0.2, 0.25) is 0 Å². The Morgan fingerprint density at radius 3 is 2.48 bits per heavy atom. The summed E-state index contributed by atoms with van der Waals surface area (Å²) in [4.78, 5) is 11.7. The van der Waals surface area contributed by atoms with E-state index < -0.39 is 5.97 Å². The quantitative estimate of drug-likeness (QED) is 0.336. The molecule has 0 aromatic carbocycles. The molecule has 4 aliphatic rings. The van der Waals surface area contributed by atoms with Crippen LogP contribution < -0.4 is 0 Å². The van der Waals surface area contributed by atoms with Crippen LogP contribution in [-0.2, 0) is 9.53 Å². The first kappa shape index (κ1) is 14.3. The number of hydrogen-bond acceptors (Lipinski definition) is 2. The third-order valence-corrected chi connectivity index (χ3v) is 5.25. The van der Waals surface area contributed by atoms with E-state index in [1.54, 1.807) is 0 Å². The number of hydrogen-bond donors (Lipinski definition) is 0. The molecule has 21 heavy (non-hydrogen) atoms. The molecule has 0 saturated heterocycles. The van der Waals surface area contributed by atoms with Crippen LogP contribution in [0.15, 0.2) is 12.2 Å². The maximum Gasteiger partial charge on any atom is 0.384 e. The molecule has 4 bridgehead atoms. The lowest BCUT2D eigenvalue weighted by Crippen LogP contribution is -2.50. The molecule has 0 spiro atoms. The monoisotopic (exact) mass is 282 g/mol. The van der Waals surface area contributed by atoms with Gasteiger partial charge in [-0.1, -0.05) is 18.4 Å². The van der Waals surface area contributed by atoms with Gasteiger partial charge in [-0.05, 0) is 62.9 Å². The molecule has 0 aromatic rings. The minimum Gasteiger partial charge on any atom is -0.452 e. The van der Waals surface area contributed by atoms with Crippen molar-refractivity contribution in [3.8, 4) is 24.2 Å². The van der Waals surface area contributed by atoms with Crippen molar-refractivity contribution in [3.63, 3.8) is 0 Å². The average Bonchev–Trinajstić information content (AvgIpc) is 2.41. The van der Waals surface area contributed by atoms with Gasteiger partial charge in [-0.15, -0.1) is 6.42 Å². The van der Waals surface area contributed by atoms with E-state index in [1.807, 2.05) is 6.92 Å². The van der Waals surface area contributed by atoms with Gasteiger partial charge in [-0.3, -0.25) is 0 Å². The second kappa shape index (κ2) is 4.96. The van der Waals surface area contributed by atoms with E-state index in [0.29, 0.717) is 11.8 Å². The van der Waals surface area contributed by atoms with E-state index in [4.69, 9.17) is 11.2 Å². The Morgan fingerprint density at radius 1 is 1.29 bits per heavy atom. The van der Waals surface area contributed by atoms with Crippen molar-refractivity contribution in [2.75, 3.05) is 6.61 Å². The van der Waals surface area contributed by atoms with Crippen molar-refractivity contribution in [1.82, 2.24) is 0 Å². The lowest BCUT2D eigenvalue weighted by molar-refractivity contribution is -0.135. The van der Waals surface area contributed by atoms with Crippen molar-refractivity contribution >= 4 is 5.97 Å². The van der Waals surface area contributed by atoms with Gasteiger partial charge in [0.15, 0.2) is 0 Å². The molecule has 2 nitrogen and oxygen atoms in total. The van der Waals surface area contributed by atoms with Crippen LogP contribution in [0, 0.1) is 46.9 Å². The summed E-state index contributed by atoms with van der Waals surface area (Å²) in [5.41, 5.74) is 0.824. The Labute approximate surface area is 127 Å². The highest BCUT2D eigenvalue weighted by Crippen LogP contribution is 2.64. The van der Waals surface area contributed by atoms with Gasteiger partial charge >= 0.3 is 5.97 Å². The van der Waals surface area contributed by atoms with Gasteiger partial charge in [0.25, 0.3) is 0 Å². The van der Waals surface area contributed by atoms with E-state index in [2.05, 4.69) is 24.3 Å². The Morgan fingerprint density at radius 2 is 1.90 bits per heavy atom. The Kier molecular flexibility index (Phi) is 3.37. The number of carbonyl (C=O) groups is 1. The van der Waals surface area contributed by atoms with E-state index in [1.165, 1.54) is 6.42 Å². The van der Waals surface area contributed by atoms with E-state index in [9.17, 15) is 4.79 Å². The van der Waals surface area contributed by atoms with Crippen LogP contribution in [0.3, 0.4) is 0 Å². The van der Waals surface area contributed by atoms with E-state index >= 15 is 0 Å². The first-order chi connectivity index (χ1) is 9.94. The van der Waals surface area contributed by atoms with Gasteiger partial charge in [-0.25, -0.2) is 4.79 Å². The second-order valence-corrected chi connectivity index (χ2v) is 7.45. The summed E-state index contributed by atoms with van der Waals surface area (Å²) in [6.07, 6.45) is 12.6. The van der Waals surface area contributed by atoms with E-state index in [-0.39, 0.29) is 17.4 Å². The molecule has 0 amide bonds. The van der Waals surface area contributed by atoms with Crippen LogP contribution in [0.5, 0.6) is 0 Å². The van der Waals surface area contributed by atoms with Gasteiger partial charge in [0.2, 0.25) is 0 Å². The van der Waals surface area contributed by atoms with Gasteiger partial charge < -0.3 is 4.74 Å². The molecule has 4 fully saturated rings. The maximum absolute atomic E-state index is 11.7. The fraction of sp³-hybridized carbons (Fsp3) is 0.632. The molecule has 0 aromatic heterocycles. The lowest BCUT2D eigenvalue weighted by atomic mass is 9.44. The number of terminal acetylenes is 1. The molecule has 0 radical (unpaired) electrons. The summed E-state index contributed by atoms with van der Waals surface area (Å²) in [5, 5.41) is 0. The highest BCUT2D eigenvalue weighted by molar-refractivity contribution is 5.88. The molecular weight excluding hydrogens is 260 g/mol. The van der Waals surface area contributed by atoms with Gasteiger partial charge in [0.1, 0.15) is 6.61 Å². The Hall–Kier alpha value is -1.67. The molecule has 0 aliphatic heterocycles. The van der Waals surface area contributed by atoms with E-state index in [0.717, 1.165) is 37.7 Å². The number of rotatable bonds is 2. The molecule has 4 saturated carbocycles. The normalized spacial score (nSPS) is 39.0. The number of ether oxygens (including phenoxy) is 1. The summed E-state index contributed by atoms with van der Waals surface area (Å²) in [5.74, 6) is 10.00. The standard InChI is InChI=1S/C19H22O2/c1-4-18-8-15-7-16(9-18)11-19(10-15,13-18)6-5-17(20)21-12-14(2)3/h1,15-16H,2,7-13H2,3H3. The zero-order chi connectivity index (χ0) is 15.1. The predicted octanol–water partition coefficient (Wildman–Crippen LogP) is 3.33. The zero-order valence-corrected chi connectivity index (χ0v) is 12.7. The van der Waals surface area contributed by atoms with Crippen LogP contribution in [0.25, 0.3) is 0 Å². The fourth-order valence-electron chi connectivity index (χ4n) is 4.99. The number of carbonyl (C=O) groups excluding carboxylic acids is 1. The van der Waals surface area contributed by atoms with Crippen LogP contribution in [0.4, 0.5) is 0 Å². The largest absolute Gasteiger partial charge is 0.452 e. The Balaban J connectivity index is 1.75. The fourth-order valence-corrected chi connectivity index (χ4v) is 4.99. The molecule has 2 unspecified atom stereocenters. The van der Waals surface area contributed by atoms with Crippen molar-refractivity contribution < 1.29 is 9.53 Å². The van der Waals surface area contributed by atoms with Crippen LogP contribution >= 0.6 is 0 Å². The summed E-state index contributed by atoms with van der Waals surface area (Å²) < 4.78 is 5.07. The highest BCUT2D eigenvalue weighted by Gasteiger charge is 2.56. The Bertz CT molecular complexity index is 567. The SMILES string of the molecule is C#CC12CC3CC(C1)CC(C#CC(=O)OCC(=C)C)(C3)C2. The summed E-state index contributed by atoms with van der Waals surface area (Å²) >= 11 is 0. The molecule has 4 rings (SSSR count). The van der Waals surface area contributed by atoms with Crippen molar-refractivity contribution in [3.05, 3.63) is 12.2 Å². The number of esters is 1. The summed E-state index contributed by atoms with van der Waals surface area (Å²) in [6, 6.07) is 0. The van der Waals surface area contributed by atoms with Gasteiger partial charge in [-0.2, -0.15) is 0 Å². The first-order valence-corrected chi connectivity index (χ1v) is 7.76. The topological polar surface area (TPSA) is 26.3 Å². The predicted molar refractivity (Wildman–Crippen MR) is 81.9 cm³/mol. The summed E-state index contributed by atoms with van der Waals surface area (Å²) in [6.45, 7) is 5.79. The van der Waals surface area contributed by atoms with Crippen molar-refractivity contribution in [2.45, 2.75) is 45.4 Å². The minimum absolute atomic E-state index is 0.0420. The van der Waals surface area contributed by atoms with Crippen LogP contribution in [-0.4, -0.2) is 12.6 Å². The smallest absolute Gasteiger partial charge is 0.384 e. The zero-order valence-electron chi connectivity index (χ0n) is 12.7. The van der Waals surface area contributed by atoms with Crippen LogP contribution in [0.1, 0.15) is 45.4 Å². The van der Waals surface area contributed by atoms with Crippen molar-refractivity contribution in [2.24, 2.45) is 22.7 Å². The molecular formula is C19H22O2.